The summed E-state index contributed by atoms with van der Waals surface area (Å²) in [5, 5.41) is 2.90. The predicted molar refractivity (Wildman–Crippen MR) is 164 cm³/mol. The number of carbonyl (C=O) groups excluding carboxylic acids is 2. The molecule has 2 fully saturated rings. The van der Waals surface area contributed by atoms with Crippen molar-refractivity contribution in [2.45, 2.75) is 105 Å². The van der Waals surface area contributed by atoms with Gasteiger partial charge in [0.1, 0.15) is 11.6 Å². The van der Waals surface area contributed by atoms with E-state index in [0.717, 1.165) is 64.3 Å². The van der Waals surface area contributed by atoms with Crippen molar-refractivity contribution >= 4 is 12.3 Å². The van der Waals surface area contributed by atoms with Crippen LogP contribution in [0.5, 0.6) is 0 Å². The van der Waals surface area contributed by atoms with E-state index in [-0.39, 0.29) is 17.4 Å². The first kappa shape index (κ1) is 34.4. The second kappa shape index (κ2) is 16.0. The zero-order valence-electron chi connectivity index (χ0n) is 26.4. The molecule has 0 saturated carbocycles. The van der Waals surface area contributed by atoms with Crippen LogP contribution in [0.15, 0.2) is 30.3 Å². The summed E-state index contributed by atoms with van der Waals surface area (Å²) in [7, 11) is 0. The summed E-state index contributed by atoms with van der Waals surface area (Å²) in [6.45, 7) is 20.6. The molecule has 41 heavy (non-hydrogen) atoms. The van der Waals surface area contributed by atoms with Gasteiger partial charge in [-0.25, -0.2) is 8.78 Å². The average molecular weight is 572 g/mol. The molecule has 0 radical (unpaired) electrons. The maximum atomic E-state index is 13.7. The first-order chi connectivity index (χ1) is 19.4. The van der Waals surface area contributed by atoms with Gasteiger partial charge in [-0.1, -0.05) is 32.0 Å². The lowest BCUT2D eigenvalue weighted by Crippen LogP contribution is -2.45. The number of halogens is 2. The monoisotopic (exact) mass is 571 g/mol. The fraction of sp³-hybridized carbons (Fsp3) is 0.588. The summed E-state index contributed by atoms with van der Waals surface area (Å²) in [5.74, 6) is -0.198. The van der Waals surface area contributed by atoms with E-state index in [1.165, 1.54) is 28.3 Å². The number of likely N-dealkylation sites (tertiary alicyclic amines) is 2. The largest absolute Gasteiger partial charge is 0.352 e. The zero-order valence-corrected chi connectivity index (χ0v) is 26.4. The Labute approximate surface area is 246 Å². The predicted octanol–water partition coefficient (Wildman–Crippen LogP) is 7.24. The second-order valence-corrected chi connectivity index (χ2v) is 12.1. The Hall–Kier alpha value is -2.80. The Balaban J connectivity index is 0.000000273. The smallest absolute Gasteiger partial charge is 0.217 e. The molecule has 2 aromatic carbocycles. The molecule has 4 rings (SSSR count). The van der Waals surface area contributed by atoms with Crippen LogP contribution in [0.25, 0.3) is 0 Å². The fourth-order valence-corrected chi connectivity index (χ4v) is 5.66. The number of nitrogens with zero attached hydrogens (tertiary/aromatic N) is 2. The highest BCUT2D eigenvalue weighted by Crippen LogP contribution is 2.33. The topological polar surface area (TPSA) is 52.7 Å². The summed E-state index contributed by atoms with van der Waals surface area (Å²) >= 11 is 0. The van der Waals surface area contributed by atoms with Crippen molar-refractivity contribution < 1.29 is 18.4 Å². The molecule has 2 aromatic rings. The van der Waals surface area contributed by atoms with Crippen LogP contribution >= 0.6 is 0 Å². The molecular weight excluding hydrogens is 520 g/mol. The molecule has 2 aliphatic rings. The lowest BCUT2D eigenvalue weighted by atomic mass is 9.84. The van der Waals surface area contributed by atoms with Crippen molar-refractivity contribution in [2.75, 3.05) is 26.2 Å². The van der Waals surface area contributed by atoms with Crippen molar-refractivity contribution in [2.24, 2.45) is 0 Å². The summed E-state index contributed by atoms with van der Waals surface area (Å²) in [5.41, 5.74) is 5.92. The van der Waals surface area contributed by atoms with Gasteiger partial charge in [-0.15, -0.1) is 0 Å². The van der Waals surface area contributed by atoms with Crippen LogP contribution in [0.2, 0.25) is 0 Å². The van der Waals surface area contributed by atoms with Crippen molar-refractivity contribution in [3.63, 3.8) is 0 Å². The minimum Gasteiger partial charge on any atom is -0.352 e. The molecule has 7 heteroatoms. The molecule has 0 aliphatic carbocycles. The third-order valence-corrected chi connectivity index (χ3v) is 8.25. The van der Waals surface area contributed by atoms with Crippen LogP contribution in [0.3, 0.4) is 0 Å². The minimum absolute atomic E-state index is 0.00467. The lowest BCUT2D eigenvalue weighted by Gasteiger charge is -2.41. The summed E-state index contributed by atoms with van der Waals surface area (Å²) < 4.78 is 26.6. The Morgan fingerprint density at radius 1 is 0.902 bits per heavy atom. The van der Waals surface area contributed by atoms with Crippen molar-refractivity contribution in [1.29, 1.82) is 0 Å². The molecule has 0 bridgehead atoms. The number of rotatable bonds is 5. The normalized spacial score (nSPS) is 16.7. The third-order valence-electron chi connectivity index (χ3n) is 8.25. The summed E-state index contributed by atoms with van der Waals surface area (Å²) in [6.07, 6.45) is 4.82. The molecule has 0 unspecified atom stereocenters. The van der Waals surface area contributed by atoms with Gasteiger partial charge >= 0.3 is 0 Å². The van der Waals surface area contributed by atoms with Crippen LogP contribution < -0.4 is 5.32 Å². The molecular formula is C34H51F2N3O2. The van der Waals surface area contributed by atoms with Crippen LogP contribution in [0.1, 0.15) is 107 Å². The minimum atomic E-state index is -0.497. The fourth-order valence-electron chi connectivity index (χ4n) is 5.66. The molecule has 0 spiro atoms. The number of piperidine rings is 2. The van der Waals surface area contributed by atoms with E-state index in [4.69, 9.17) is 0 Å². The molecule has 2 aliphatic heterocycles. The number of nitrogens with one attached hydrogen (secondary N) is 1. The quantitative estimate of drug-likeness (QED) is 0.385. The number of benzene rings is 2. The average Bonchev–Trinajstić information content (AvgIpc) is 2.94. The molecule has 1 N–H and O–H groups in total. The second-order valence-electron chi connectivity index (χ2n) is 12.1. The molecule has 0 aromatic heterocycles. The highest BCUT2D eigenvalue weighted by atomic mass is 19.1. The highest BCUT2D eigenvalue weighted by molar-refractivity contribution is 5.72. The molecule has 2 saturated heterocycles. The van der Waals surface area contributed by atoms with Gasteiger partial charge in [-0.3, -0.25) is 14.5 Å². The van der Waals surface area contributed by atoms with Gasteiger partial charge < -0.3 is 10.2 Å². The summed E-state index contributed by atoms with van der Waals surface area (Å²) in [6, 6.07) is 8.39. The number of hydrogen-bond donors (Lipinski definition) is 1. The van der Waals surface area contributed by atoms with Crippen molar-refractivity contribution in [3.05, 3.63) is 69.8 Å². The first-order valence-corrected chi connectivity index (χ1v) is 15.1. The van der Waals surface area contributed by atoms with Crippen LogP contribution in [0, 0.1) is 25.5 Å². The zero-order chi connectivity index (χ0) is 30.7. The number of aryl methyl sites for hydroxylation is 2. The van der Waals surface area contributed by atoms with E-state index < -0.39 is 11.6 Å². The van der Waals surface area contributed by atoms with E-state index in [9.17, 15) is 18.4 Å². The Morgan fingerprint density at radius 3 is 1.95 bits per heavy atom. The van der Waals surface area contributed by atoms with E-state index in [1.54, 1.807) is 13.0 Å². The molecule has 2 amide bonds. The highest BCUT2D eigenvalue weighted by Gasteiger charge is 2.28. The van der Waals surface area contributed by atoms with E-state index in [2.05, 4.69) is 57.0 Å². The first-order valence-electron chi connectivity index (χ1n) is 15.1. The Bertz CT molecular complexity index is 1130. The van der Waals surface area contributed by atoms with Crippen LogP contribution in [-0.4, -0.2) is 53.8 Å². The maximum Gasteiger partial charge on any atom is 0.217 e. The molecule has 228 valence electrons. The standard InChI is InChI=1S/C17H24N2O2.C15H21F2N.C2H6/c1-12-8-16(10-18-14(3)21)17(9-13(12)2)15-4-6-19(11-20)7-5-15;1-15(2,3)18-8-6-11(7-9-18)13-5-4-12(16)10-14(13)17;1-2/h8-9,11,15H,4-7,10H2,1-3H3,(H,18,21);4-5,10-11H,6-9H2,1-3H3;1-2H3. The third kappa shape index (κ3) is 10.2. The van der Waals surface area contributed by atoms with Crippen molar-refractivity contribution in [3.8, 4) is 0 Å². The van der Waals surface area contributed by atoms with Crippen molar-refractivity contribution in [1.82, 2.24) is 15.1 Å². The Morgan fingerprint density at radius 2 is 1.44 bits per heavy atom. The van der Waals surface area contributed by atoms with Gasteiger partial charge in [0, 0.05) is 38.2 Å². The van der Waals surface area contributed by atoms with Gasteiger partial charge in [0.15, 0.2) is 0 Å². The molecule has 5 nitrogen and oxygen atoms in total. The van der Waals surface area contributed by atoms with E-state index >= 15 is 0 Å². The SMILES string of the molecule is CC.CC(=O)NCc1cc(C)c(C)cc1C1CCN(C=O)CC1.CC(C)(C)N1CCC(c2ccc(F)cc2F)CC1. The molecule has 2 heterocycles. The van der Waals surface area contributed by atoms with Gasteiger partial charge in [0.25, 0.3) is 0 Å². The van der Waals surface area contributed by atoms with Crippen LogP contribution in [-0.2, 0) is 16.1 Å². The van der Waals surface area contributed by atoms with Gasteiger partial charge in [0.2, 0.25) is 12.3 Å². The number of amides is 2. The van der Waals surface area contributed by atoms with Gasteiger partial charge in [-0.2, -0.15) is 0 Å². The van der Waals surface area contributed by atoms with Gasteiger partial charge in [-0.05, 0) is 119 Å². The van der Waals surface area contributed by atoms with E-state index in [1.807, 2.05) is 18.7 Å². The van der Waals surface area contributed by atoms with E-state index in [0.29, 0.717) is 18.0 Å². The lowest BCUT2D eigenvalue weighted by molar-refractivity contribution is -0.120. The maximum absolute atomic E-state index is 13.7. The molecule has 0 atom stereocenters. The summed E-state index contributed by atoms with van der Waals surface area (Å²) in [4.78, 5) is 26.3. The number of hydrogen-bond acceptors (Lipinski definition) is 3. The number of carbonyl (C=O) groups is 2. The van der Waals surface area contributed by atoms with Crippen LogP contribution in [0.4, 0.5) is 8.78 Å². The van der Waals surface area contributed by atoms with Gasteiger partial charge in [0.05, 0.1) is 0 Å². The Kier molecular flexibility index (Phi) is 13.4.